The number of benzene rings is 1. The molecule has 1 aromatic carbocycles. The summed E-state index contributed by atoms with van der Waals surface area (Å²) in [5, 5.41) is 0.808. The first-order chi connectivity index (χ1) is 8.20. The van der Waals surface area contributed by atoms with E-state index in [0.29, 0.717) is 0 Å². The quantitative estimate of drug-likeness (QED) is 0.613. The summed E-state index contributed by atoms with van der Waals surface area (Å²) >= 11 is 1.56. The van der Waals surface area contributed by atoms with Crippen LogP contribution in [0.25, 0.3) is 0 Å². The van der Waals surface area contributed by atoms with Crippen molar-refractivity contribution >= 4 is 23.3 Å². The van der Waals surface area contributed by atoms with Gasteiger partial charge in [-0.1, -0.05) is 30.0 Å². The molecule has 0 unspecified atom stereocenters. The van der Waals surface area contributed by atoms with Crippen LogP contribution < -0.4 is 4.90 Å². The van der Waals surface area contributed by atoms with Crippen molar-refractivity contribution in [2.24, 2.45) is 0 Å². The van der Waals surface area contributed by atoms with Gasteiger partial charge in [-0.15, -0.1) is 0 Å². The summed E-state index contributed by atoms with van der Waals surface area (Å²) in [6, 6.07) is 12.2. The Morgan fingerprint density at radius 3 is 2.47 bits per heavy atom. The highest BCUT2D eigenvalue weighted by Gasteiger charge is 2.07. The highest BCUT2D eigenvalue weighted by molar-refractivity contribution is 7.98. The first kappa shape index (κ1) is 11.9. The summed E-state index contributed by atoms with van der Waals surface area (Å²) in [6.07, 6.45) is 1.99. The van der Waals surface area contributed by atoms with Crippen molar-refractivity contribution in [3.05, 3.63) is 42.1 Å². The minimum atomic E-state index is 0.808. The van der Waals surface area contributed by atoms with Crippen molar-refractivity contribution in [1.82, 2.24) is 9.97 Å². The zero-order chi connectivity index (χ0) is 12.3. The molecular formula is C13H15N3S. The van der Waals surface area contributed by atoms with E-state index in [1.54, 1.807) is 11.8 Å². The molecule has 0 radical (unpaired) electrons. The van der Waals surface area contributed by atoms with Gasteiger partial charge in [0.15, 0.2) is 5.16 Å². The summed E-state index contributed by atoms with van der Waals surface area (Å²) in [5.74, 6) is 0.924. The van der Waals surface area contributed by atoms with Gasteiger partial charge in [0.05, 0.1) is 0 Å². The minimum absolute atomic E-state index is 0.808. The fourth-order valence-electron chi connectivity index (χ4n) is 1.57. The van der Waals surface area contributed by atoms with E-state index in [9.17, 15) is 0 Å². The number of aromatic nitrogens is 2. The van der Waals surface area contributed by atoms with Gasteiger partial charge in [-0.05, 0) is 25.3 Å². The van der Waals surface area contributed by atoms with E-state index in [0.717, 1.165) is 22.4 Å². The van der Waals surface area contributed by atoms with Gasteiger partial charge in [0.2, 0.25) is 0 Å². The molecule has 1 heterocycles. The third-order valence-corrected chi connectivity index (χ3v) is 3.04. The van der Waals surface area contributed by atoms with Crippen molar-refractivity contribution in [2.75, 3.05) is 18.2 Å². The first-order valence-corrected chi connectivity index (χ1v) is 6.61. The lowest BCUT2D eigenvalue weighted by atomic mass is 10.3. The largest absolute Gasteiger partial charge is 0.329 e. The van der Waals surface area contributed by atoms with Gasteiger partial charge < -0.3 is 4.90 Å². The molecule has 0 N–H and O–H groups in total. The van der Waals surface area contributed by atoms with Crippen LogP contribution in [0, 0.1) is 6.92 Å². The van der Waals surface area contributed by atoms with Gasteiger partial charge >= 0.3 is 0 Å². The Kier molecular flexibility index (Phi) is 3.64. The molecule has 0 aliphatic rings. The van der Waals surface area contributed by atoms with Gasteiger partial charge in [-0.3, -0.25) is 0 Å². The monoisotopic (exact) mass is 245 g/mol. The van der Waals surface area contributed by atoms with Crippen LogP contribution in [-0.2, 0) is 0 Å². The van der Waals surface area contributed by atoms with Gasteiger partial charge in [0.25, 0.3) is 0 Å². The molecule has 0 bridgehead atoms. The number of aryl methyl sites for hydroxylation is 1. The molecule has 4 heteroatoms. The second kappa shape index (κ2) is 5.19. The van der Waals surface area contributed by atoms with E-state index in [1.165, 1.54) is 0 Å². The summed E-state index contributed by atoms with van der Waals surface area (Å²) in [6.45, 7) is 1.99. The lowest BCUT2D eigenvalue weighted by Gasteiger charge is -2.18. The molecule has 0 aliphatic heterocycles. The molecule has 0 amide bonds. The second-order valence-corrected chi connectivity index (χ2v) is 4.52. The molecule has 0 spiro atoms. The Morgan fingerprint density at radius 2 is 1.82 bits per heavy atom. The molecule has 1 aromatic heterocycles. The molecule has 3 nitrogen and oxygen atoms in total. The summed E-state index contributed by atoms with van der Waals surface area (Å²) in [5.41, 5.74) is 2.11. The molecule has 2 aromatic rings. The summed E-state index contributed by atoms with van der Waals surface area (Å²) < 4.78 is 0. The van der Waals surface area contributed by atoms with Crippen molar-refractivity contribution in [3.8, 4) is 0 Å². The van der Waals surface area contributed by atoms with Crippen molar-refractivity contribution in [1.29, 1.82) is 0 Å². The number of para-hydroxylation sites is 1. The fraction of sp³-hybridized carbons (Fsp3) is 0.231. The number of hydrogen-bond acceptors (Lipinski definition) is 4. The number of rotatable bonds is 3. The normalized spacial score (nSPS) is 10.3. The molecular weight excluding hydrogens is 230 g/mol. The van der Waals surface area contributed by atoms with Gasteiger partial charge in [0.1, 0.15) is 5.82 Å². The molecule has 0 aliphatic carbocycles. The van der Waals surface area contributed by atoms with E-state index in [4.69, 9.17) is 0 Å². The van der Waals surface area contributed by atoms with Crippen LogP contribution in [0.1, 0.15) is 5.69 Å². The zero-order valence-corrected chi connectivity index (χ0v) is 11.0. The summed E-state index contributed by atoms with van der Waals surface area (Å²) in [4.78, 5) is 10.9. The second-order valence-electron chi connectivity index (χ2n) is 3.75. The van der Waals surface area contributed by atoms with E-state index in [1.807, 2.05) is 44.5 Å². The molecule has 0 saturated carbocycles. The average molecular weight is 245 g/mol. The lowest BCUT2D eigenvalue weighted by molar-refractivity contribution is 0.916. The van der Waals surface area contributed by atoms with Crippen LogP contribution in [0.5, 0.6) is 0 Å². The van der Waals surface area contributed by atoms with Crippen molar-refractivity contribution in [2.45, 2.75) is 12.1 Å². The topological polar surface area (TPSA) is 29.0 Å². The van der Waals surface area contributed by atoms with Crippen LogP contribution >= 0.6 is 11.8 Å². The van der Waals surface area contributed by atoms with Crippen LogP contribution in [0.2, 0.25) is 0 Å². The van der Waals surface area contributed by atoms with Crippen LogP contribution in [0.3, 0.4) is 0 Å². The van der Waals surface area contributed by atoms with E-state index >= 15 is 0 Å². The number of anilines is 2. The molecule has 0 fully saturated rings. The Labute approximate surface area is 106 Å². The molecule has 88 valence electrons. The van der Waals surface area contributed by atoms with Gasteiger partial charge in [0, 0.05) is 24.5 Å². The SMILES string of the molecule is CSc1nc(C)cc(N(C)c2ccccc2)n1. The molecule has 2 rings (SSSR count). The number of hydrogen-bond donors (Lipinski definition) is 0. The maximum atomic E-state index is 4.51. The van der Waals surface area contributed by atoms with Crippen LogP contribution in [0.4, 0.5) is 11.5 Å². The van der Waals surface area contributed by atoms with E-state index in [-0.39, 0.29) is 0 Å². The van der Waals surface area contributed by atoms with Crippen molar-refractivity contribution < 1.29 is 0 Å². The molecule has 0 atom stereocenters. The number of thioether (sulfide) groups is 1. The highest BCUT2D eigenvalue weighted by Crippen LogP contribution is 2.23. The lowest BCUT2D eigenvalue weighted by Crippen LogP contribution is -2.12. The predicted molar refractivity (Wildman–Crippen MR) is 73.1 cm³/mol. The van der Waals surface area contributed by atoms with Gasteiger partial charge in [-0.25, -0.2) is 9.97 Å². The predicted octanol–water partition coefficient (Wildman–Crippen LogP) is 3.27. The Bertz CT molecular complexity index is 499. The molecule has 17 heavy (non-hydrogen) atoms. The number of nitrogens with zero attached hydrogens (tertiary/aromatic N) is 3. The maximum Gasteiger partial charge on any atom is 0.189 e. The highest BCUT2D eigenvalue weighted by atomic mass is 32.2. The third-order valence-electron chi connectivity index (χ3n) is 2.49. The minimum Gasteiger partial charge on any atom is -0.329 e. The Balaban J connectivity index is 2.37. The fourth-order valence-corrected chi connectivity index (χ4v) is 1.99. The van der Waals surface area contributed by atoms with Crippen LogP contribution in [0.15, 0.2) is 41.6 Å². The average Bonchev–Trinajstić information content (AvgIpc) is 2.38. The Morgan fingerprint density at radius 1 is 1.12 bits per heavy atom. The van der Waals surface area contributed by atoms with Crippen LogP contribution in [-0.4, -0.2) is 23.3 Å². The van der Waals surface area contributed by atoms with E-state index < -0.39 is 0 Å². The Hall–Kier alpha value is -1.55. The standard InChI is InChI=1S/C13H15N3S/c1-10-9-12(15-13(14-10)17-3)16(2)11-7-5-4-6-8-11/h4-9H,1-3H3. The zero-order valence-electron chi connectivity index (χ0n) is 10.2. The first-order valence-electron chi connectivity index (χ1n) is 5.39. The summed E-state index contributed by atoms with van der Waals surface area (Å²) in [7, 11) is 2.02. The van der Waals surface area contributed by atoms with E-state index in [2.05, 4.69) is 27.0 Å². The third kappa shape index (κ3) is 2.77. The smallest absolute Gasteiger partial charge is 0.189 e. The maximum absolute atomic E-state index is 4.51. The molecule has 0 saturated heterocycles. The van der Waals surface area contributed by atoms with Gasteiger partial charge in [-0.2, -0.15) is 0 Å². The van der Waals surface area contributed by atoms with Crippen molar-refractivity contribution in [3.63, 3.8) is 0 Å².